The van der Waals surface area contributed by atoms with E-state index in [1.165, 1.54) is 32.1 Å². The number of rotatable bonds is 9. The number of benzene rings is 1. The van der Waals surface area contributed by atoms with Crippen molar-refractivity contribution in [3.63, 3.8) is 0 Å². The van der Waals surface area contributed by atoms with Crippen LogP contribution < -0.4 is 10.6 Å². The fraction of sp³-hybridized carbons (Fsp3) is 0.591. The van der Waals surface area contributed by atoms with Crippen LogP contribution in [0.5, 0.6) is 0 Å². The summed E-state index contributed by atoms with van der Waals surface area (Å²) in [6.07, 6.45) is 10.7. The van der Waals surface area contributed by atoms with Crippen LogP contribution in [-0.4, -0.2) is 30.4 Å². The van der Waals surface area contributed by atoms with Gasteiger partial charge in [-0.3, -0.25) is 14.4 Å². The number of anilines is 1. The third-order valence-electron chi connectivity index (χ3n) is 5.44. The highest BCUT2D eigenvalue weighted by molar-refractivity contribution is 6.04. The summed E-state index contributed by atoms with van der Waals surface area (Å²) >= 11 is 0. The molecule has 0 aromatic heterocycles. The molecule has 2 aliphatic carbocycles. The van der Waals surface area contributed by atoms with Gasteiger partial charge in [0.25, 0.3) is 11.8 Å². The summed E-state index contributed by atoms with van der Waals surface area (Å²) in [6.45, 7) is -0.332. The van der Waals surface area contributed by atoms with Gasteiger partial charge in [0.15, 0.2) is 6.61 Å². The van der Waals surface area contributed by atoms with Gasteiger partial charge < -0.3 is 15.4 Å². The average molecular weight is 386 g/mol. The normalized spacial score (nSPS) is 17.0. The van der Waals surface area contributed by atoms with Crippen LogP contribution in [0.2, 0.25) is 0 Å². The highest BCUT2D eigenvalue weighted by Gasteiger charge is 2.25. The summed E-state index contributed by atoms with van der Waals surface area (Å²) in [5.41, 5.74) is 0.848. The van der Waals surface area contributed by atoms with E-state index in [1.54, 1.807) is 24.3 Å². The molecule has 1 aromatic rings. The molecule has 0 aliphatic heterocycles. The van der Waals surface area contributed by atoms with Crippen LogP contribution in [0.25, 0.3) is 0 Å². The first-order valence-electron chi connectivity index (χ1n) is 10.5. The summed E-state index contributed by atoms with van der Waals surface area (Å²) in [5.74, 6) is -0.237. The molecule has 0 bridgehead atoms. The number of esters is 1. The van der Waals surface area contributed by atoms with E-state index in [1.807, 2.05) is 0 Å². The van der Waals surface area contributed by atoms with E-state index in [0.717, 1.165) is 31.6 Å². The Balaban J connectivity index is 1.38. The van der Waals surface area contributed by atoms with E-state index in [2.05, 4.69) is 10.6 Å². The maximum atomic E-state index is 12.3. The second-order valence-electron chi connectivity index (χ2n) is 7.90. The first-order valence-corrected chi connectivity index (χ1v) is 10.5. The van der Waals surface area contributed by atoms with E-state index in [9.17, 15) is 14.4 Å². The van der Waals surface area contributed by atoms with Crippen molar-refractivity contribution in [2.24, 2.45) is 5.92 Å². The number of nitrogens with one attached hydrogen (secondary N) is 2. The fourth-order valence-corrected chi connectivity index (χ4v) is 3.70. The summed E-state index contributed by atoms with van der Waals surface area (Å²) in [6, 6.07) is 7.09. The molecule has 3 rings (SSSR count). The Morgan fingerprint density at radius 3 is 2.50 bits per heavy atom. The molecule has 0 atom stereocenters. The Morgan fingerprint density at radius 1 is 1.00 bits per heavy atom. The number of hydrogen-bond donors (Lipinski definition) is 2. The Kier molecular flexibility index (Phi) is 7.46. The number of carbonyl (C=O) groups is 3. The smallest absolute Gasteiger partial charge is 0.306 e. The lowest BCUT2D eigenvalue weighted by Crippen LogP contribution is -2.28. The van der Waals surface area contributed by atoms with Crippen molar-refractivity contribution < 1.29 is 19.1 Å². The Morgan fingerprint density at radius 2 is 1.75 bits per heavy atom. The molecule has 28 heavy (non-hydrogen) atoms. The minimum absolute atomic E-state index is 0.196. The molecule has 152 valence electrons. The van der Waals surface area contributed by atoms with Gasteiger partial charge in [-0.1, -0.05) is 44.2 Å². The highest BCUT2D eigenvalue weighted by Crippen LogP contribution is 2.27. The Hall–Kier alpha value is -2.37. The monoisotopic (exact) mass is 386 g/mol. The van der Waals surface area contributed by atoms with E-state index >= 15 is 0 Å². The number of carbonyl (C=O) groups excluding carboxylic acids is 3. The maximum Gasteiger partial charge on any atom is 0.306 e. The molecule has 0 spiro atoms. The summed E-state index contributed by atoms with van der Waals surface area (Å²) in [5, 5.41) is 5.58. The average Bonchev–Trinajstić information content (AvgIpc) is 3.51. The lowest BCUT2D eigenvalue weighted by atomic mass is 9.86. The van der Waals surface area contributed by atoms with Gasteiger partial charge in [-0.25, -0.2) is 0 Å². The van der Waals surface area contributed by atoms with Crippen molar-refractivity contribution in [1.29, 1.82) is 0 Å². The van der Waals surface area contributed by atoms with Crippen LogP contribution >= 0.6 is 0 Å². The molecule has 0 saturated heterocycles. The van der Waals surface area contributed by atoms with Gasteiger partial charge in [-0.2, -0.15) is 0 Å². The van der Waals surface area contributed by atoms with Crippen LogP contribution in [0.4, 0.5) is 5.69 Å². The quantitative estimate of drug-likeness (QED) is 0.632. The molecule has 0 heterocycles. The molecular formula is C22H30N2O4. The van der Waals surface area contributed by atoms with Gasteiger partial charge in [0, 0.05) is 12.5 Å². The minimum atomic E-state index is -0.438. The highest BCUT2D eigenvalue weighted by atomic mass is 16.5. The maximum absolute atomic E-state index is 12.3. The van der Waals surface area contributed by atoms with Crippen molar-refractivity contribution in [2.45, 2.75) is 70.3 Å². The lowest BCUT2D eigenvalue weighted by molar-refractivity contribution is -0.147. The van der Waals surface area contributed by atoms with Gasteiger partial charge in [0.2, 0.25) is 0 Å². The SMILES string of the molecule is O=C(COC(=O)CCCC1CCCCC1)Nc1ccccc1C(=O)NC1CC1. The molecule has 0 radical (unpaired) electrons. The second kappa shape index (κ2) is 10.2. The molecule has 2 aliphatic rings. The first-order chi connectivity index (χ1) is 13.6. The zero-order valence-electron chi connectivity index (χ0n) is 16.4. The molecule has 6 nitrogen and oxygen atoms in total. The summed E-state index contributed by atoms with van der Waals surface area (Å²) in [4.78, 5) is 36.3. The van der Waals surface area contributed by atoms with Crippen molar-refractivity contribution in [3.05, 3.63) is 29.8 Å². The van der Waals surface area contributed by atoms with Gasteiger partial charge >= 0.3 is 5.97 Å². The molecule has 6 heteroatoms. The van der Waals surface area contributed by atoms with Crippen molar-refractivity contribution in [1.82, 2.24) is 5.32 Å². The summed E-state index contributed by atoms with van der Waals surface area (Å²) in [7, 11) is 0. The van der Waals surface area contributed by atoms with Crippen molar-refractivity contribution in [2.75, 3.05) is 11.9 Å². The molecule has 1 aromatic carbocycles. The zero-order valence-corrected chi connectivity index (χ0v) is 16.4. The van der Waals surface area contributed by atoms with Gasteiger partial charge in [-0.15, -0.1) is 0 Å². The molecule has 2 N–H and O–H groups in total. The predicted octanol–water partition coefficient (Wildman–Crippen LogP) is 3.81. The van der Waals surface area contributed by atoms with Crippen molar-refractivity contribution in [3.8, 4) is 0 Å². The fourth-order valence-electron chi connectivity index (χ4n) is 3.70. The van der Waals surface area contributed by atoms with E-state index in [4.69, 9.17) is 4.74 Å². The standard InChI is InChI=1S/C22H30N2O4/c25-20(15-28-21(26)12-6-9-16-7-2-1-3-8-16)24-19-11-5-4-10-18(19)22(27)23-17-13-14-17/h4-5,10-11,16-17H,1-3,6-9,12-15H2,(H,23,27)(H,24,25). The van der Waals surface area contributed by atoms with Gasteiger partial charge in [0.05, 0.1) is 11.3 Å². The number of hydrogen-bond acceptors (Lipinski definition) is 4. The van der Waals surface area contributed by atoms with Crippen LogP contribution in [0.1, 0.15) is 74.6 Å². The van der Waals surface area contributed by atoms with E-state index < -0.39 is 5.91 Å². The van der Waals surface area contributed by atoms with Crippen LogP contribution in [0.3, 0.4) is 0 Å². The molecule has 0 unspecified atom stereocenters. The van der Waals surface area contributed by atoms with Crippen LogP contribution in [-0.2, 0) is 14.3 Å². The number of ether oxygens (including phenoxy) is 1. The Bertz CT molecular complexity index is 694. The Labute approximate surface area is 166 Å². The van der Waals surface area contributed by atoms with E-state index in [0.29, 0.717) is 17.7 Å². The minimum Gasteiger partial charge on any atom is -0.456 e. The van der Waals surface area contributed by atoms with Crippen LogP contribution in [0, 0.1) is 5.92 Å². The zero-order chi connectivity index (χ0) is 19.8. The summed E-state index contributed by atoms with van der Waals surface area (Å²) < 4.78 is 5.09. The van der Waals surface area contributed by atoms with Gasteiger partial charge in [0.1, 0.15) is 0 Å². The largest absolute Gasteiger partial charge is 0.456 e. The molecule has 2 fully saturated rings. The van der Waals surface area contributed by atoms with E-state index in [-0.39, 0.29) is 24.5 Å². The third-order valence-corrected chi connectivity index (χ3v) is 5.44. The predicted molar refractivity (Wildman–Crippen MR) is 107 cm³/mol. The third kappa shape index (κ3) is 6.66. The molecule has 2 amide bonds. The lowest BCUT2D eigenvalue weighted by Gasteiger charge is -2.20. The number of amides is 2. The second-order valence-corrected chi connectivity index (χ2v) is 7.90. The van der Waals surface area contributed by atoms with Gasteiger partial charge in [-0.05, 0) is 43.7 Å². The van der Waals surface area contributed by atoms with Crippen molar-refractivity contribution >= 4 is 23.5 Å². The topological polar surface area (TPSA) is 84.5 Å². The molecule has 2 saturated carbocycles. The van der Waals surface area contributed by atoms with Crippen LogP contribution in [0.15, 0.2) is 24.3 Å². The molecular weight excluding hydrogens is 356 g/mol. The number of para-hydroxylation sites is 1. The first kappa shape index (κ1) is 20.4.